The van der Waals surface area contributed by atoms with Crippen LogP contribution < -0.4 is 10.2 Å². The van der Waals surface area contributed by atoms with Crippen LogP contribution in [0.25, 0.3) is 0 Å². The molecule has 1 aliphatic rings. The number of fused-ring (bicyclic) bond motifs is 1. The number of nitrogens with one attached hydrogen (secondary N) is 1. The fraction of sp³-hybridized carbons (Fsp3) is 0.571. The quantitative estimate of drug-likeness (QED) is 0.643. The Kier molecular flexibility index (Phi) is 1.97. The fourth-order valence-corrected chi connectivity index (χ4v) is 1.20. The van der Waals surface area contributed by atoms with Gasteiger partial charge in [0.1, 0.15) is 6.61 Å². The van der Waals surface area contributed by atoms with Gasteiger partial charge in [-0.2, -0.15) is 10.6 Å². The molecule has 1 aromatic heterocycles. The molecular weight excluding hydrogens is 158 g/mol. The molecule has 66 valence electrons. The van der Waals surface area contributed by atoms with Crippen LogP contribution in [0.15, 0.2) is 6.07 Å². The van der Waals surface area contributed by atoms with Gasteiger partial charge in [0.15, 0.2) is 0 Å². The molecule has 1 aromatic rings. The van der Waals surface area contributed by atoms with Crippen molar-refractivity contribution < 1.29 is 9.57 Å². The summed E-state index contributed by atoms with van der Waals surface area (Å²) in [4.78, 5) is 4.71. The van der Waals surface area contributed by atoms with E-state index in [2.05, 4.69) is 10.6 Å². The van der Waals surface area contributed by atoms with Crippen molar-refractivity contribution in [2.24, 2.45) is 0 Å². The van der Waals surface area contributed by atoms with Crippen molar-refractivity contribution in [1.29, 1.82) is 0 Å². The van der Waals surface area contributed by atoms with Crippen molar-refractivity contribution in [2.45, 2.75) is 13.1 Å². The fourth-order valence-electron chi connectivity index (χ4n) is 1.20. The van der Waals surface area contributed by atoms with Gasteiger partial charge in [-0.25, -0.2) is 4.68 Å². The van der Waals surface area contributed by atoms with E-state index in [1.165, 1.54) is 0 Å². The molecule has 0 spiro atoms. The van der Waals surface area contributed by atoms with Crippen LogP contribution in [0.5, 0.6) is 5.88 Å². The summed E-state index contributed by atoms with van der Waals surface area (Å²) in [7, 11) is 1.58. The van der Waals surface area contributed by atoms with Gasteiger partial charge in [-0.05, 0) is 0 Å². The van der Waals surface area contributed by atoms with Crippen LogP contribution in [0.3, 0.4) is 0 Å². The molecule has 0 saturated carbocycles. The van der Waals surface area contributed by atoms with E-state index in [9.17, 15) is 0 Å². The van der Waals surface area contributed by atoms with Gasteiger partial charge in [0.25, 0.3) is 0 Å². The Labute approximate surface area is 70.2 Å². The Morgan fingerprint density at radius 3 is 3.50 bits per heavy atom. The lowest BCUT2D eigenvalue weighted by Crippen LogP contribution is -2.11. The van der Waals surface area contributed by atoms with Gasteiger partial charge in [0, 0.05) is 6.07 Å². The van der Waals surface area contributed by atoms with Gasteiger partial charge < -0.3 is 9.57 Å². The third kappa shape index (κ3) is 1.28. The number of hydroxylamine groups is 1. The first-order valence-electron chi connectivity index (χ1n) is 3.85. The molecule has 1 N–H and O–H groups in total. The number of rotatable bonds is 3. The Hall–Kier alpha value is -1.07. The average molecular weight is 169 g/mol. The highest BCUT2D eigenvalue weighted by molar-refractivity contribution is 5.17. The normalized spacial score (nSPS) is 14.4. The van der Waals surface area contributed by atoms with Crippen LogP contribution in [0.4, 0.5) is 0 Å². The molecule has 5 nitrogen and oxygen atoms in total. The maximum absolute atomic E-state index is 5.29. The van der Waals surface area contributed by atoms with E-state index in [1.807, 2.05) is 10.7 Å². The Bertz CT molecular complexity index is 250. The highest BCUT2D eigenvalue weighted by atomic mass is 16.6. The Balaban J connectivity index is 2.05. The van der Waals surface area contributed by atoms with E-state index >= 15 is 0 Å². The number of hydrogen-bond donors (Lipinski definition) is 1. The molecule has 12 heavy (non-hydrogen) atoms. The van der Waals surface area contributed by atoms with E-state index < -0.39 is 0 Å². The van der Waals surface area contributed by atoms with Gasteiger partial charge in [-0.15, -0.1) is 0 Å². The van der Waals surface area contributed by atoms with E-state index in [4.69, 9.17) is 9.57 Å². The summed E-state index contributed by atoms with van der Waals surface area (Å²) in [6, 6.07) is 1.92. The van der Waals surface area contributed by atoms with Gasteiger partial charge in [-0.1, -0.05) is 0 Å². The molecule has 0 atom stereocenters. The topological polar surface area (TPSA) is 48.3 Å². The van der Waals surface area contributed by atoms with Crippen LogP contribution in [0.2, 0.25) is 0 Å². The first kappa shape index (κ1) is 7.57. The van der Waals surface area contributed by atoms with E-state index in [0.717, 1.165) is 24.7 Å². The average Bonchev–Trinajstić information content (AvgIpc) is 2.58. The Morgan fingerprint density at radius 1 is 1.83 bits per heavy atom. The molecule has 2 rings (SSSR count). The third-order valence-corrected chi connectivity index (χ3v) is 1.74. The monoisotopic (exact) mass is 169 g/mol. The molecular formula is C7H11N3O2. The predicted octanol–water partition coefficient (Wildman–Crippen LogP) is -0.0735. The molecule has 0 bridgehead atoms. The minimum Gasteiger partial charge on any atom is -0.476 e. The smallest absolute Gasteiger partial charge is 0.212 e. The van der Waals surface area contributed by atoms with Crippen molar-refractivity contribution in [3.8, 4) is 5.88 Å². The van der Waals surface area contributed by atoms with Crippen LogP contribution in [-0.4, -0.2) is 23.5 Å². The molecule has 0 fully saturated rings. The zero-order chi connectivity index (χ0) is 8.39. The number of hydrogen-bond acceptors (Lipinski definition) is 4. The number of aromatic nitrogens is 2. The summed E-state index contributed by atoms with van der Waals surface area (Å²) in [6.07, 6.45) is 0. The summed E-state index contributed by atoms with van der Waals surface area (Å²) < 4.78 is 7.14. The molecule has 0 aromatic carbocycles. The van der Waals surface area contributed by atoms with Crippen LogP contribution in [0, 0.1) is 0 Å². The second-order valence-electron chi connectivity index (χ2n) is 2.57. The van der Waals surface area contributed by atoms with E-state index in [0.29, 0.717) is 6.54 Å². The highest BCUT2D eigenvalue weighted by Crippen LogP contribution is 2.17. The summed E-state index contributed by atoms with van der Waals surface area (Å²) >= 11 is 0. The SMILES string of the molecule is CONCc1cc2n(n1)CCO2. The van der Waals surface area contributed by atoms with Crippen molar-refractivity contribution in [3.63, 3.8) is 0 Å². The van der Waals surface area contributed by atoms with Gasteiger partial charge >= 0.3 is 0 Å². The maximum atomic E-state index is 5.29. The van der Waals surface area contributed by atoms with Gasteiger partial charge in [0.05, 0.1) is 25.9 Å². The minimum atomic E-state index is 0.611. The molecule has 5 heteroatoms. The molecule has 0 amide bonds. The first-order valence-corrected chi connectivity index (χ1v) is 3.85. The lowest BCUT2D eigenvalue weighted by atomic mass is 10.4. The van der Waals surface area contributed by atoms with Gasteiger partial charge in [-0.3, -0.25) is 0 Å². The Morgan fingerprint density at radius 2 is 2.75 bits per heavy atom. The maximum Gasteiger partial charge on any atom is 0.212 e. The van der Waals surface area contributed by atoms with Crippen molar-refractivity contribution in [1.82, 2.24) is 15.3 Å². The standard InChI is InChI=1S/C7H11N3O2/c1-11-8-5-6-4-7-10(9-6)2-3-12-7/h4,8H,2-3,5H2,1H3. The van der Waals surface area contributed by atoms with Crippen LogP contribution in [0.1, 0.15) is 5.69 Å². The summed E-state index contributed by atoms with van der Waals surface area (Å²) in [5.74, 6) is 0.850. The first-order chi connectivity index (χ1) is 5.90. The third-order valence-electron chi connectivity index (χ3n) is 1.74. The highest BCUT2D eigenvalue weighted by Gasteiger charge is 2.13. The summed E-state index contributed by atoms with van der Waals surface area (Å²) in [5.41, 5.74) is 3.66. The predicted molar refractivity (Wildman–Crippen MR) is 41.6 cm³/mol. The number of nitrogens with zero attached hydrogens (tertiary/aromatic N) is 2. The lowest BCUT2D eigenvalue weighted by molar-refractivity contribution is 0.0856. The van der Waals surface area contributed by atoms with Crippen molar-refractivity contribution in [3.05, 3.63) is 11.8 Å². The second-order valence-corrected chi connectivity index (χ2v) is 2.57. The second kappa shape index (κ2) is 3.12. The zero-order valence-corrected chi connectivity index (χ0v) is 6.91. The lowest BCUT2D eigenvalue weighted by Gasteiger charge is -1.96. The minimum absolute atomic E-state index is 0.611. The molecule has 0 aliphatic carbocycles. The van der Waals surface area contributed by atoms with Gasteiger partial charge in [0.2, 0.25) is 5.88 Å². The largest absolute Gasteiger partial charge is 0.476 e. The van der Waals surface area contributed by atoms with Crippen molar-refractivity contribution >= 4 is 0 Å². The molecule has 0 radical (unpaired) electrons. The molecule has 0 saturated heterocycles. The summed E-state index contributed by atoms with van der Waals surface area (Å²) in [5, 5.41) is 4.28. The summed E-state index contributed by atoms with van der Waals surface area (Å²) in [6.45, 7) is 2.20. The molecule has 1 aliphatic heterocycles. The zero-order valence-electron chi connectivity index (χ0n) is 6.91. The molecule has 0 unspecified atom stereocenters. The number of ether oxygens (including phenoxy) is 1. The van der Waals surface area contributed by atoms with Crippen molar-refractivity contribution in [2.75, 3.05) is 13.7 Å². The van der Waals surface area contributed by atoms with E-state index in [-0.39, 0.29) is 0 Å². The van der Waals surface area contributed by atoms with E-state index in [1.54, 1.807) is 7.11 Å². The van der Waals surface area contributed by atoms with Crippen LogP contribution in [-0.2, 0) is 17.9 Å². The molecule has 2 heterocycles. The van der Waals surface area contributed by atoms with Crippen LogP contribution >= 0.6 is 0 Å².